The normalized spacial score (nSPS) is 26.7. The van der Waals surface area contributed by atoms with Gasteiger partial charge in [0.05, 0.1) is 24.2 Å². The van der Waals surface area contributed by atoms with Gasteiger partial charge in [0, 0.05) is 30.4 Å². The monoisotopic (exact) mass is 515 g/mol. The van der Waals surface area contributed by atoms with Gasteiger partial charge in [0.15, 0.2) is 16.8 Å². The number of nitrogens with zero attached hydrogens (tertiary/aromatic N) is 4. The lowest BCUT2D eigenvalue weighted by molar-refractivity contribution is -0.297. The van der Waals surface area contributed by atoms with Crippen LogP contribution in [0.2, 0.25) is 0 Å². The SMILES string of the molecule is CSc1nc(N[C@H]2C[C@@H]3CC4(C[C@@H]3C2)OCC(C)(C)CO4)cc(-n2c(C(F)F)nc3ccccc32)n1. The summed E-state index contributed by atoms with van der Waals surface area (Å²) in [7, 11) is 0. The number of imidazole rings is 1. The number of thioether (sulfide) groups is 1. The van der Waals surface area contributed by atoms with Gasteiger partial charge in [0.2, 0.25) is 0 Å². The first-order valence-corrected chi connectivity index (χ1v) is 13.7. The average Bonchev–Trinajstić information content (AvgIpc) is 3.50. The predicted molar refractivity (Wildman–Crippen MR) is 135 cm³/mol. The molecule has 3 atom stereocenters. The van der Waals surface area contributed by atoms with Crippen LogP contribution in [0.4, 0.5) is 14.6 Å². The molecule has 1 saturated heterocycles. The number of anilines is 1. The molecule has 0 amide bonds. The highest BCUT2D eigenvalue weighted by Gasteiger charge is 2.53. The molecule has 36 heavy (non-hydrogen) atoms. The quantitative estimate of drug-likeness (QED) is 0.338. The zero-order chi connectivity index (χ0) is 25.1. The third kappa shape index (κ3) is 4.37. The van der Waals surface area contributed by atoms with E-state index in [2.05, 4.69) is 34.1 Å². The summed E-state index contributed by atoms with van der Waals surface area (Å²) < 4.78 is 41.8. The van der Waals surface area contributed by atoms with Gasteiger partial charge in [-0.3, -0.25) is 4.57 Å². The number of para-hydroxylation sites is 2. The highest BCUT2D eigenvalue weighted by Crippen LogP contribution is 2.53. The first kappa shape index (κ1) is 24.1. The number of rotatable bonds is 5. The van der Waals surface area contributed by atoms with Crippen LogP contribution in [-0.2, 0) is 9.47 Å². The number of halogens is 2. The number of fused-ring (bicyclic) bond motifs is 2. The van der Waals surface area contributed by atoms with Crippen LogP contribution in [0.3, 0.4) is 0 Å². The van der Waals surface area contributed by atoms with E-state index in [0.717, 1.165) is 38.9 Å². The standard InChI is InChI=1S/C26H31F2N5O2S/c1-25(2)13-34-26(35-14-25)11-15-8-17(9-16(15)12-26)29-20-10-21(32-24(31-20)36-3)33-19-7-5-4-6-18(19)30-23(33)22(27)28/h4-7,10,15-17,22H,8-9,11-14H2,1-3H3,(H,29,31,32)/t15-,16+,17+. The summed E-state index contributed by atoms with van der Waals surface area (Å²) in [6.07, 6.45) is 3.02. The Morgan fingerprint density at radius 1 is 1.06 bits per heavy atom. The minimum Gasteiger partial charge on any atom is -0.367 e. The molecule has 7 nitrogen and oxygen atoms in total. The van der Waals surface area contributed by atoms with Crippen molar-refractivity contribution in [3.63, 3.8) is 0 Å². The zero-order valence-electron chi connectivity index (χ0n) is 20.7. The lowest BCUT2D eigenvalue weighted by atomic mass is 9.94. The maximum absolute atomic E-state index is 13.9. The average molecular weight is 516 g/mol. The molecule has 3 heterocycles. The molecule has 1 N–H and O–H groups in total. The van der Waals surface area contributed by atoms with Gasteiger partial charge < -0.3 is 14.8 Å². The van der Waals surface area contributed by atoms with Gasteiger partial charge in [-0.15, -0.1) is 0 Å². The van der Waals surface area contributed by atoms with Crippen LogP contribution in [0.5, 0.6) is 0 Å². The lowest BCUT2D eigenvalue weighted by Crippen LogP contribution is -2.46. The molecular formula is C26H31F2N5O2S. The summed E-state index contributed by atoms with van der Waals surface area (Å²) in [5.74, 6) is 1.38. The second-order valence-corrected chi connectivity index (χ2v) is 11.9. The zero-order valence-corrected chi connectivity index (χ0v) is 21.5. The largest absolute Gasteiger partial charge is 0.367 e. The molecule has 3 fully saturated rings. The molecule has 1 aromatic carbocycles. The molecule has 192 valence electrons. The molecular weight excluding hydrogens is 484 g/mol. The number of aromatic nitrogens is 4. The summed E-state index contributed by atoms with van der Waals surface area (Å²) >= 11 is 1.39. The van der Waals surface area contributed by atoms with Crippen LogP contribution in [0.15, 0.2) is 35.5 Å². The van der Waals surface area contributed by atoms with Crippen molar-refractivity contribution in [1.82, 2.24) is 19.5 Å². The second-order valence-electron chi connectivity index (χ2n) is 11.1. The highest BCUT2D eigenvalue weighted by molar-refractivity contribution is 7.98. The Balaban J connectivity index is 1.22. The molecule has 6 rings (SSSR count). The van der Waals surface area contributed by atoms with Crippen molar-refractivity contribution >= 4 is 28.6 Å². The van der Waals surface area contributed by atoms with E-state index in [1.165, 1.54) is 16.3 Å². The van der Waals surface area contributed by atoms with Crippen molar-refractivity contribution in [2.24, 2.45) is 17.3 Å². The molecule has 2 saturated carbocycles. The highest BCUT2D eigenvalue weighted by atomic mass is 32.2. The first-order valence-electron chi connectivity index (χ1n) is 12.5. The van der Waals surface area contributed by atoms with Crippen LogP contribution in [0, 0.1) is 17.3 Å². The van der Waals surface area contributed by atoms with Crippen molar-refractivity contribution in [1.29, 1.82) is 0 Å². The van der Waals surface area contributed by atoms with Crippen molar-refractivity contribution in [2.75, 3.05) is 24.8 Å². The van der Waals surface area contributed by atoms with E-state index in [0.29, 0.717) is 39.7 Å². The number of hydrogen-bond donors (Lipinski definition) is 1. The van der Waals surface area contributed by atoms with Crippen molar-refractivity contribution in [3.8, 4) is 5.82 Å². The Hall–Kier alpha value is -2.30. The predicted octanol–water partition coefficient (Wildman–Crippen LogP) is 5.84. The molecule has 0 bridgehead atoms. The first-order chi connectivity index (χ1) is 17.2. The van der Waals surface area contributed by atoms with E-state index >= 15 is 0 Å². The molecule has 2 aliphatic carbocycles. The van der Waals surface area contributed by atoms with Crippen molar-refractivity contribution < 1.29 is 18.3 Å². The van der Waals surface area contributed by atoms with Crippen LogP contribution >= 0.6 is 11.8 Å². The fourth-order valence-electron chi connectivity index (χ4n) is 6.02. The van der Waals surface area contributed by atoms with E-state index in [-0.39, 0.29) is 17.3 Å². The third-order valence-electron chi connectivity index (χ3n) is 7.68. The minimum absolute atomic E-state index is 0.0670. The smallest absolute Gasteiger partial charge is 0.296 e. The van der Waals surface area contributed by atoms with Gasteiger partial charge in [-0.1, -0.05) is 37.7 Å². The second kappa shape index (κ2) is 8.92. The molecule has 1 aliphatic heterocycles. The number of ether oxygens (including phenoxy) is 2. The third-order valence-corrected chi connectivity index (χ3v) is 8.22. The van der Waals surface area contributed by atoms with Crippen molar-refractivity contribution in [2.45, 2.75) is 62.9 Å². The topological polar surface area (TPSA) is 74.1 Å². The summed E-state index contributed by atoms with van der Waals surface area (Å²) in [5, 5.41) is 4.11. The van der Waals surface area contributed by atoms with E-state index in [9.17, 15) is 8.78 Å². The fourth-order valence-corrected chi connectivity index (χ4v) is 6.39. The number of benzene rings is 1. The van der Waals surface area contributed by atoms with Crippen LogP contribution < -0.4 is 5.32 Å². The van der Waals surface area contributed by atoms with Gasteiger partial charge in [0.1, 0.15) is 11.6 Å². The minimum atomic E-state index is -2.72. The van der Waals surface area contributed by atoms with E-state index in [1.807, 2.05) is 12.3 Å². The maximum atomic E-state index is 13.9. The Morgan fingerprint density at radius 3 is 2.42 bits per heavy atom. The summed E-state index contributed by atoms with van der Waals surface area (Å²) in [4.78, 5) is 13.4. The van der Waals surface area contributed by atoms with E-state index in [1.54, 1.807) is 24.3 Å². The molecule has 2 aromatic heterocycles. The Labute approximate surface area is 213 Å². The molecule has 10 heteroatoms. The number of nitrogens with one attached hydrogen (secondary N) is 1. The number of hydrogen-bond acceptors (Lipinski definition) is 7. The van der Waals surface area contributed by atoms with Gasteiger partial charge >= 0.3 is 0 Å². The van der Waals surface area contributed by atoms with Crippen LogP contribution in [-0.4, -0.2) is 50.8 Å². The summed E-state index contributed by atoms with van der Waals surface area (Å²) in [6.45, 7) is 5.81. The van der Waals surface area contributed by atoms with Gasteiger partial charge in [-0.05, 0) is 43.1 Å². The van der Waals surface area contributed by atoms with E-state index < -0.39 is 12.2 Å². The Morgan fingerprint density at radius 2 is 1.75 bits per heavy atom. The Kier molecular flexibility index (Phi) is 5.96. The fraction of sp³-hybridized carbons (Fsp3) is 0.577. The summed E-state index contributed by atoms with van der Waals surface area (Å²) in [5.41, 5.74) is 1.18. The molecule has 3 aromatic rings. The molecule has 3 aliphatic rings. The Bertz CT molecular complexity index is 1260. The van der Waals surface area contributed by atoms with Gasteiger partial charge in [-0.2, -0.15) is 0 Å². The molecule has 0 radical (unpaired) electrons. The van der Waals surface area contributed by atoms with E-state index in [4.69, 9.17) is 9.47 Å². The van der Waals surface area contributed by atoms with Crippen LogP contribution in [0.25, 0.3) is 16.9 Å². The maximum Gasteiger partial charge on any atom is 0.296 e. The van der Waals surface area contributed by atoms with Gasteiger partial charge in [-0.25, -0.2) is 23.7 Å². The van der Waals surface area contributed by atoms with Gasteiger partial charge in [0.25, 0.3) is 6.43 Å². The lowest BCUT2D eigenvalue weighted by Gasteiger charge is -2.42. The summed E-state index contributed by atoms with van der Waals surface area (Å²) in [6, 6.07) is 9.14. The molecule has 1 spiro atoms. The molecule has 0 unspecified atom stereocenters. The number of alkyl halides is 2. The van der Waals surface area contributed by atoms with Crippen LogP contribution in [0.1, 0.15) is 51.8 Å². The van der Waals surface area contributed by atoms with Crippen molar-refractivity contribution in [3.05, 3.63) is 36.2 Å².